The van der Waals surface area contributed by atoms with Crippen molar-refractivity contribution in [3.05, 3.63) is 5.28 Å². The molecule has 1 N–H and O–H groups in total. The van der Waals surface area contributed by atoms with Crippen LogP contribution in [0.4, 0.5) is 11.9 Å². The average Bonchev–Trinajstić information content (AvgIpc) is 2.78. The zero-order chi connectivity index (χ0) is 14.9. The standard InChI is InChI=1S/C13H20ClN5O2/c1-9-13(2,3-6-21-9)18-11-15-10(14)16-12(17-11)19-4-7-20-8-5-19/h9H,3-8H2,1-2H3,(H,15,16,17,18). The number of anilines is 2. The van der Waals surface area contributed by atoms with Gasteiger partial charge in [-0.05, 0) is 31.9 Å². The second-order valence-electron chi connectivity index (χ2n) is 5.63. The van der Waals surface area contributed by atoms with Gasteiger partial charge in [0.15, 0.2) is 0 Å². The first kappa shape index (κ1) is 14.7. The van der Waals surface area contributed by atoms with E-state index in [0.29, 0.717) is 25.1 Å². The summed E-state index contributed by atoms with van der Waals surface area (Å²) in [5.41, 5.74) is -0.188. The Kier molecular flexibility index (Phi) is 4.14. The molecule has 1 aromatic heterocycles. The van der Waals surface area contributed by atoms with Crippen LogP contribution in [0.3, 0.4) is 0 Å². The summed E-state index contributed by atoms with van der Waals surface area (Å²) in [5.74, 6) is 1.09. The third-order valence-corrected chi connectivity index (χ3v) is 4.34. The van der Waals surface area contributed by atoms with E-state index in [2.05, 4.69) is 32.1 Å². The molecule has 0 aromatic carbocycles. The van der Waals surface area contributed by atoms with Gasteiger partial charge in [0.2, 0.25) is 17.2 Å². The summed E-state index contributed by atoms with van der Waals surface area (Å²) in [6.07, 6.45) is 1.00. The lowest BCUT2D eigenvalue weighted by Crippen LogP contribution is -2.42. The maximum atomic E-state index is 6.05. The van der Waals surface area contributed by atoms with Crippen molar-refractivity contribution in [3.63, 3.8) is 0 Å². The number of hydrogen-bond donors (Lipinski definition) is 1. The summed E-state index contributed by atoms with van der Waals surface area (Å²) in [5, 5.41) is 3.56. The van der Waals surface area contributed by atoms with E-state index >= 15 is 0 Å². The SMILES string of the molecule is CC1OCCC1(C)Nc1nc(Cl)nc(N2CCOCC2)n1. The Bertz CT molecular complexity index is 511. The number of morpholine rings is 1. The van der Waals surface area contributed by atoms with Crippen LogP contribution in [0.2, 0.25) is 5.28 Å². The van der Waals surface area contributed by atoms with Gasteiger partial charge in [-0.15, -0.1) is 0 Å². The van der Waals surface area contributed by atoms with Crippen molar-refractivity contribution in [2.45, 2.75) is 31.9 Å². The van der Waals surface area contributed by atoms with Gasteiger partial charge < -0.3 is 19.7 Å². The smallest absolute Gasteiger partial charge is 0.231 e. The lowest BCUT2D eigenvalue weighted by Gasteiger charge is -2.30. The molecule has 1 aromatic rings. The topological polar surface area (TPSA) is 72.4 Å². The fourth-order valence-corrected chi connectivity index (χ4v) is 2.71. The largest absolute Gasteiger partial charge is 0.378 e. The molecular formula is C13H20ClN5O2. The number of halogens is 1. The van der Waals surface area contributed by atoms with Crippen LogP contribution in [0.15, 0.2) is 0 Å². The zero-order valence-electron chi connectivity index (χ0n) is 12.3. The molecule has 2 saturated heterocycles. The number of nitrogens with zero attached hydrogens (tertiary/aromatic N) is 4. The molecule has 2 fully saturated rings. The zero-order valence-corrected chi connectivity index (χ0v) is 13.1. The molecule has 0 spiro atoms. The first-order valence-corrected chi connectivity index (χ1v) is 7.59. The number of ether oxygens (including phenoxy) is 2. The fourth-order valence-electron chi connectivity index (χ4n) is 2.55. The third kappa shape index (κ3) is 3.20. The lowest BCUT2D eigenvalue weighted by atomic mass is 9.95. The summed E-state index contributed by atoms with van der Waals surface area (Å²) < 4.78 is 11.0. The van der Waals surface area contributed by atoms with E-state index in [1.807, 2.05) is 6.92 Å². The van der Waals surface area contributed by atoms with Gasteiger partial charge in [-0.2, -0.15) is 15.0 Å². The van der Waals surface area contributed by atoms with Gasteiger partial charge in [0, 0.05) is 19.7 Å². The van der Waals surface area contributed by atoms with Gasteiger partial charge in [-0.1, -0.05) is 0 Å². The van der Waals surface area contributed by atoms with Crippen LogP contribution < -0.4 is 10.2 Å². The van der Waals surface area contributed by atoms with Gasteiger partial charge in [-0.3, -0.25) is 0 Å². The molecule has 0 radical (unpaired) electrons. The molecule has 0 bridgehead atoms. The Morgan fingerprint density at radius 2 is 2.00 bits per heavy atom. The maximum absolute atomic E-state index is 6.05. The Labute approximate surface area is 129 Å². The van der Waals surface area contributed by atoms with E-state index in [1.165, 1.54) is 0 Å². The number of aromatic nitrogens is 3. The minimum atomic E-state index is -0.188. The molecule has 2 aliphatic rings. The van der Waals surface area contributed by atoms with Crippen LogP contribution in [0.1, 0.15) is 20.3 Å². The van der Waals surface area contributed by atoms with Crippen LogP contribution in [0.25, 0.3) is 0 Å². The van der Waals surface area contributed by atoms with Crippen LogP contribution in [-0.2, 0) is 9.47 Å². The number of hydrogen-bond acceptors (Lipinski definition) is 7. The molecule has 3 rings (SSSR count). The van der Waals surface area contributed by atoms with E-state index in [4.69, 9.17) is 21.1 Å². The average molecular weight is 314 g/mol. The Morgan fingerprint density at radius 1 is 1.24 bits per heavy atom. The molecule has 2 atom stereocenters. The Balaban J connectivity index is 1.80. The predicted octanol–water partition coefficient (Wildman–Crippen LogP) is 1.34. The van der Waals surface area contributed by atoms with Crippen molar-refractivity contribution >= 4 is 23.5 Å². The first-order valence-electron chi connectivity index (χ1n) is 7.21. The summed E-state index contributed by atoms with van der Waals surface area (Å²) in [6, 6.07) is 0. The highest BCUT2D eigenvalue weighted by Gasteiger charge is 2.37. The van der Waals surface area contributed by atoms with Crippen LogP contribution in [0, 0.1) is 0 Å². The molecule has 7 nitrogen and oxygen atoms in total. The van der Waals surface area contributed by atoms with Crippen LogP contribution in [-0.4, -0.2) is 59.5 Å². The number of rotatable bonds is 3. The monoisotopic (exact) mass is 313 g/mol. The molecule has 2 unspecified atom stereocenters. The van der Waals surface area contributed by atoms with Crippen molar-refractivity contribution in [2.24, 2.45) is 0 Å². The van der Waals surface area contributed by atoms with Crippen molar-refractivity contribution in [1.82, 2.24) is 15.0 Å². The normalized spacial score (nSPS) is 29.7. The van der Waals surface area contributed by atoms with Crippen LogP contribution >= 0.6 is 11.6 Å². The molecule has 0 amide bonds. The molecular weight excluding hydrogens is 294 g/mol. The molecule has 0 saturated carbocycles. The van der Waals surface area contributed by atoms with E-state index in [0.717, 1.165) is 26.1 Å². The minimum Gasteiger partial charge on any atom is -0.378 e. The Morgan fingerprint density at radius 3 is 2.67 bits per heavy atom. The first-order chi connectivity index (χ1) is 10.1. The minimum absolute atomic E-state index is 0.0971. The van der Waals surface area contributed by atoms with E-state index in [-0.39, 0.29) is 16.9 Å². The fraction of sp³-hybridized carbons (Fsp3) is 0.769. The molecule has 116 valence electrons. The van der Waals surface area contributed by atoms with Gasteiger partial charge >= 0.3 is 0 Å². The van der Waals surface area contributed by atoms with Crippen molar-refractivity contribution in [2.75, 3.05) is 43.1 Å². The lowest BCUT2D eigenvalue weighted by molar-refractivity contribution is 0.105. The highest BCUT2D eigenvalue weighted by molar-refractivity contribution is 6.28. The second kappa shape index (κ2) is 5.90. The summed E-state index contributed by atoms with van der Waals surface area (Å²) in [6.45, 7) is 7.76. The molecule has 21 heavy (non-hydrogen) atoms. The van der Waals surface area contributed by atoms with Crippen molar-refractivity contribution in [3.8, 4) is 0 Å². The highest BCUT2D eigenvalue weighted by atomic mass is 35.5. The van der Waals surface area contributed by atoms with E-state index in [1.54, 1.807) is 0 Å². The van der Waals surface area contributed by atoms with E-state index in [9.17, 15) is 0 Å². The quantitative estimate of drug-likeness (QED) is 0.902. The number of nitrogens with one attached hydrogen (secondary N) is 1. The molecule has 0 aliphatic carbocycles. The summed E-state index contributed by atoms with van der Waals surface area (Å²) in [7, 11) is 0. The van der Waals surface area contributed by atoms with Gasteiger partial charge in [0.1, 0.15) is 0 Å². The van der Waals surface area contributed by atoms with Crippen LogP contribution in [0.5, 0.6) is 0 Å². The summed E-state index contributed by atoms with van der Waals surface area (Å²) in [4.78, 5) is 15.0. The van der Waals surface area contributed by atoms with Crippen molar-refractivity contribution < 1.29 is 9.47 Å². The maximum Gasteiger partial charge on any atom is 0.231 e. The Hall–Kier alpha value is -1.18. The van der Waals surface area contributed by atoms with Gasteiger partial charge in [0.25, 0.3) is 0 Å². The van der Waals surface area contributed by atoms with Crippen molar-refractivity contribution in [1.29, 1.82) is 0 Å². The summed E-state index contributed by atoms with van der Waals surface area (Å²) >= 11 is 6.05. The second-order valence-corrected chi connectivity index (χ2v) is 5.97. The van der Waals surface area contributed by atoms with Gasteiger partial charge in [-0.25, -0.2) is 0 Å². The third-order valence-electron chi connectivity index (χ3n) is 4.17. The molecule has 3 heterocycles. The molecule has 2 aliphatic heterocycles. The highest BCUT2D eigenvalue weighted by Crippen LogP contribution is 2.29. The molecule has 8 heteroatoms. The predicted molar refractivity (Wildman–Crippen MR) is 79.9 cm³/mol. The van der Waals surface area contributed by atoms with E-state index < -0.39 is 0 Å². The van der Waals surface area contributed by atoms with Gasteiger partial charge in [0.05, 0.1) is 24.9 Å².